The summed E-state index contributed by atoms with van der Waals surface area (Å²) < 4.78 is 0. The van der Waals surface area contributed by atoms with Crippen molar-refractivity contribution in [1.82, 2.24) is 5.32 Å². The lowest BCUT2D eigenvalue weighted by molar-refractivity contribution is 0.444. The molecule has 0 bridgehead atoms. The van der Waals surface area contributed by atoms with Gasteiger partial charge in [-0.1, -0.05) is 50.6 Å². The first-order chi connectivity index (χ1) is 7.24. The van der Waals surface area contributed by atoms with Crippen molar-refractivity contribution in [1.29, 1.82) is 0 Å². The highest BCUT2D eigenvalue weighted by atomic mass is 14.9. The highest BCUT2D eigenvalue weighted by molar-refractivity contribution is 5.17. The van der Waals surface area contributed by atoms with Gasteiger partial charge in [-0.25, -0.2) is 0 Å². The molecule has 0 saturated heterocycles. The van der Waals surface area contributed by atoms with E-state index in [0.717, 1.165) is 12.5 Å². The summed E-state index contributed by atoms with van der Waals surface area (Å²) in [6, 6.07) is 11.1. The smallest absolute Gasteiger partial charge is 0.0291 e. The molecule has 0 saturated carbocycles. The van der Waals surface area contributed by atoms with E-state index in [4.69, 9.17) is 0 Å². The van der Waals surface area contributed by atoms with E-state index in [1.165, 1.54) is 18.4 Å². The van der Waals surface area contributed by atoms with Gasteiger partial charge in [-0.3, -0.25) is 0 Å². The van der Waals surface area contributed by atoms with Gasteiger partial charge in [0, 0.05) is 6.04 Å². The summed E-state index contributed by atoms with van der Waals surface area (Å²) in [5.41, 5.74) is 1.38. The van der Waals surface area contributed by atoms with Crippen LogP contribution in [0.5, 0.6) is 0 Å². The Labute approximate surface area is 93.9 Å². The fraction of sp³-hybridized carbons (Fsp3) is 0.571. The Bertz CT molecular complexity index is 255. The van der Waals surface area contributed by atoms with Crippen molar-refractivity contribution >= 4 is 0 Å². The molecular formula is C14H23N. The molecule has 0 heterocycles. The first-order valence-electron chi connectivity index (χ1n) is 6.02. The van der Waals surface area contributed by atoms with Crippen molar-refractivity contribution in [3.8, 4) is 0 Å². The van der Waals surface area contributed by atoms with Crippen LogP contribution >= 0.6 is 0 Å². The fourth-order valence-corrected chi connectivity index (χ4v) is 1.83. The van der Waals surface area contributed by atoms with Crippen molar-refractivity contribution < 1.29 is 0 Å². The third-order valence-electron chi connectivity index (χ3n) is 2.85. The maximum atomic E-state index is 3.58. The first-order valence-corrected chi connectivity index (χ1v) is 6.02. The lowest BCUT2D eigenvalue weighted by Crippen LogP contribution is -2.24. The molecule has 0 radical (unpaired) electrons. The second-order valence-electron chi connectivity index (χ2n) is 4.43. The largest absolute Gasteiger partial charge is 0.310 e. The maximum absolute atomic E-state index is 3.58. The van der Waals surface area contributed by atoms with Gasteiger partial charge in [0.15, 0.2) is 0 Å². The van der Waals surface area contributed by atoms with E-state index in [-0.39, 0.29) is 0 Å². The topological polar surface area (TPSA) is 12.0 Å². The molecule has 2 atom stereocenters. The van der Waals surface area contributed by atoms with E-state index < -0.39 is 0 Å². The summed E-state index contributed by atoms with van der Waals surface area (Å²) in [4.78, 5) is 0. The Kier molecular flexibility index (Phi) is 5.41. The molecule has 1 aromatic rings. The van der Waals surface area contributed by atoms with Gasteiger partial charge in [0.2, 0.25) is 0 Å². The average Bonchev–Trinajstić information content (AvgIpc) is 2.27. The molecule has 1 N–H and O–H groups in total. The third-order valence-corrected chi connectivity index (χ3v) is 2.85. The molecule has 0 aromatic heterocycles. The van der Waals surface area contributed by atoms with Gasteiger partial charge in [-0.15, -0.1) is 0 Å². The second kappa shape index (κ2) is 6.62. The standard InChI is InChI=1S/C14H23N/c1-4-8-12(2)11-15-13(3)14-9-6-5-7-10-14/h5-7,9-10,12-13,15H,4,8,11H2,1-3H3/t12-,13+/m1/s1. The van der Waals surface area contributed by atoms with Crippen molar-refractivity contribution in [2.75, 3.05) is 6.54 Å². The highest BCUT2D eigenvalue weighted by Gasteiger charge is 2.06. The summed E-state index contributed by atoms with van der Waals surface area (Å²) in [7, 11) is 0. The lowest BCUT2D eigenvalue weighted by Gasteiger charge is -2.17. The SMILES string of the molecule is CCC[C@@H](C)CN[C@@H](C)c1ccccc1. The van der Waals surface area contributed by atoms with Gasteiger partial charge < -0.3 is 5.32 Å². The van der Waals surface area contributed by atoms with Crippen LogP contribution < -0.4 is 5.32 Å². The predicted octanol–water partition coefficient (Wildman–Crippen LogP) is 3.77. The molecule has 84 valence electrons. The van der Waals surface area contributed by atoms with Gasteiger partial charge in [-0.2, -0.15) is 0 Å². The van der Waals surface area contributed by atoms with Crippen molar-refractivity contribution in [3.63, 3.8) is 0 Å². The zero-order valence-electron chi connectivity index (χ0n) is 10.2. The number of hydrogen-bond acceptors (Lipinski definition) is 1. The molecule has 0 aliphatic heterocycles. The molecule has 0 amide bonds. The molecule has 1 aromatic carbocycles. The summed E-state index contributed by atoms with van der Waals surface area (Å²) >= 11 is 0. The van der Waals surface area contributed by atoms with Crippen LogP contribution in [0.2, 0.25) is 0 Å². The Morgan fingerprint density at radius 3 is 2.40 bits per heavy atom. The predicted molar refractivity (Wildman–Crippen MR) is 66.9 cm³/mol. The molecule has 0 unspecified atom stereocenters. The van der Waals surface area contributed by atoms with Crippen LogP contribution in [0.25, 0.3) is 0 Å². The van der Waals surface area contributed by atoms with Gasteiger partial charge in [-0.05, 0) is 31.4 Å². The number of nitrogens with one attached hydrogen (secondary N) is 1. The zero-order valence-corrected chi connectivity index (χ0v) is 10.2. The van der Waals surface area contributed by atoms with Crippen LogP contribution in [-0.4, -0.2) is 6.54 Å². The van der Waals surface area contributed by atoms with Crippen LogP contribution in [0.15, 0.2) is 30.3 Å². The van der Waals surface area contributed by atoms with Crippen molar-refractivity contribution in [2.45, 2.75) is 39.7 Å². The van der Waals surface area contributed by atoms with E-state index in [1.54, 1.807) is 0 Å². The average molecular weight is 205 g/mol. The summed E-state index contributed by atoms with van der Waals surface area (Å²) in [6.45, 7) is 7.91. The minimum absolute atomic E-state index is 0.463. The van der Waals surface area contributed by atoms with Crippen LogP contribution in [-0.2, 0) is 0 Å². The summed E-state index contributed by atoms with van der Waals surface area (Å²) in [6.07, 6.45) is 2.59. The second-order valence-corrected chi connectivity index (χ2v) is 4.43. The number of hydrogen-bond donors (Lipinski definition) is 1. The molecule has 0 spiro atoms. The molecule has 15 heavy (non-hydrogen) atoms. The number of benzene rings is 1. The first kappa shape index (κ1) is 12.3. The summed E-state index contributed by atoms with van der Waals surface area (Å²) in [5, 5.41) is 3.58. The molecule has 0 aliphatic carbocycles. The molecular weight excluding hydrogens is 182 g/mol. The van der Waals surface area contributed by atoms with Gasteiger partial charge in [0.05, 0.1) is 0 Å². The maximum Gasteiger partial charge on any atom is 0.0291 e. The minimum atomic E-state index is 0.463. The molecule has 0 aliphatic rings. The number of rotatable bonds is 6. The van der Waals surface area contributed by atoms with E-state index in [2.05, 4.69) is 56.4 Å². The molecule has 1 heteroatoms. The normalized spacial score (nSPS) is 14.9. The lowest BCUT2D eigenvalue weighted by atomic mass is 10.0. The highest BCUT2D eigenvalue weighted by Crippen LogP contribution is 2.12. The van der Waals surface area contributed by atoms with E-state index in [1.807, 2.05) is 0 Å². The monoisotopic (exact) mass is 205 g/mol. The van der Waals surface area contributed by atoms with E-state index in [9.17, 15) is 0 Å². The van der Waals surface area contributed by atoms with Crippen LogP contribution in [0.1, 0.15) is 45.2 Å². The van der Waals surface area contributed by atoms with Gasteiger partial charge >= 0.3 is 0 Å². The van der Waals surface area contributed by atoms with Crippen LogP contribution in [0, 0.1) is 5.92 Å². The van der Waals surface area contributed by atoms with Crippen molar-refractivity contribution in [3.05, 3.63) is 35.9 Å². The fourth-order valence-electron chi connectivity index (χ4n) is 1.83. The molecule has 0 fully saturated rings. The molecule has 1 nitrogen and oxygen atoms in total. The zero-order chi connectivity index (χ0) is 11.1. The van der Waals surface area contributed by atoms with Gasteiger partial charge in [0.25, 0.3) is 0 Å². The Hall–Kier alpha value is -0.820. The minimum Gasteiger partial charge on any atom is -0.310 e. The molecule has 1 rings (SSSR count). The quantitative estimate of drug-likeness (QED) is 0.745. The van der Waals surface area contributed by atoms with Crippen molar-refractivity contribution in [2.24, 2.45) is 5.92 Å². The Morgan fingerprint density at radius 1 is 1.13 bits per heavy atom. The van der Waals surface area contributed by atoms with E-state index in [0.29, 0.717) is 6.04 Å². The third kappa shape index (κ3) is 4.48. The van der Waals surface area contributed by atoms with Gasteiger partial charge in [0.1, 0.15) is 0 Å². The Balaban J connectivity index is 2.33. The van der Waals surface area contributed by atoms with E-state index >= 15 is 0 Å². The summed E-state index contributed by atoms with van der Waals surface area (Å²) in [5.74, 6) is 0.779. The van der Waals surface area contributed by atoms with Crippen LogP contribution in [0.4, 0.5) is 0 Å². The Morgan fingerprint density at radius 2 is 1.80 bits per heavy atom. The van der Waals surface area contributed by atoms with Crippen LogP contribution in [0.3, 0.4) is 0 Å².